The minimum Gasteiger partial charge on any atom is -0.496 e. The fraction of sp³-hybridized carbons (Fsp3) is 0.571. The molecule has 5 heteroatoms. The van der Waals surface area contributed by atoms with Crippen LogP contribution in [0.5, 0.6) is 17.2 Å². The van der Waals surface area contributed by atoms with E-state index >= 15 is 0 Å². The highest BCUT2D eigenvalue weighted by Crippen LogP contribution is 2.34. The number of benzene rings is 1. The Morgan fingerprint density at radius 3 is 2.11 bits per heavy atom. The van der Waals surface area contributed by atoms with Crippen LogP contribution in [0.3, 0.4) is 0 Å². The molecule has 0 bridgehead atoms. The molecule has 0 aliphatic carbocycles. The molecule has 1 unspecified atom stereocenters. The normalized spacial score (nSPS) is 12.1. The van der Waals surface area contributed by atoms with E-state index in [0.29, 0.717) is 24.1 Å². The van der Waals surface area contributed by atoms with E-state index in [-0.39, 0.29) is 0 Å². The molecule has 19 heavy (non-hydrogen) atoms. The molecule has 0 amide bonds. The van der Waals surface area contributed by atoms with E-state index in [1.54, 1.807) is 21.3 Å². The third-order valence-corrected chi connectivity index (χ3v) is 2.94. The van der Waals surface area contributed by atoms with Crippen LogP contribution in [0.1, 0.15) is 12.5 Å². The van der Waals surface area contributed by atoms with E-state index in [2.05, 4.69) is 17.6 Å². The maximum Gasteiger partial charge on any atom is 0.164 e. The van der Waals surface area contributed by atoms with Crippen LogP contribution < -0.4 is 24.8 Å². The molecule has 0 saturated carbocycles. The lowest BCUT2D eigenvalue weighted by Crippen LogP contribution is -2.34. The Morgan fingerprint density at radius 2 is 1.58 bits per heavy atom. The van der Waals surface area contributed by atoms with Crippen LogP contribution in [-0.2, 0) is 6.54 Å². The SMILES string of the molecule is CNCC(C)NCc1cc(OC)c(OC)cc1OC. The first kappa shape index (κ1) is 15.6. The minimum atomic E-state index is 0.378. The molecule has 0 radical (unpaired) electrons. The van der Waals surface area contributed by atoms with Gasteiger partial charge in [0, 0.05) is 30.8 Å². The molecular formula is C14H24N2O3. The molecule has 1 aromatic carbocycles. The predicted octanol–water partition coefficient (Wildman–Crippen LogP) is 1.41. The average Bonchev–Trinajstić information content (AvgIpc) is 2.44. The van der Waals surface area contributed by atoms with Gasteiger partial charge in [-0.25, -0.2) is 0 Å². The Bertz CT molecular complexity index is 397. The van der Waals surface area contributed by atoms with Gasteiger partial charge in [-0.05, 0) is 20.0 Å². The summed E-state index contributed by atoms with van der Waals surface area (Å²) in [6, 6.07) is 4.16. The molecule has 108 valence electrons. The van der Waals surface area contributed by atoms with Gasteiger partial charge in [0.25, 0.3) is 0 Å². The standard InChI is InChI=1S/C14H24N2O3/c1-10(8-15-2)16-9-11-6-13(18-4)14(19-5)7-12(11)17-3/h6-7,10,15-16H,8-9H2,1-5H3. The first-order chi connectivity index (χ1) is 9.15. The highest BCUT2D eigenvalue weighted by atomic mass is 16.5. The van der Waals surface area contributed by atoms with Crippen molar-refractivity contribution >= 4 is 0 Å². The monoisotopic (exact) mass is 268 g/mol. The van der Waals surface area contributed by atoms with Crippen LogP contribution in [-0.4, -0.2) is 41.0 Å². The topological polar surface area (TPSA) is 51.8 Å². The highest BCUT2D eigenvalue weighted by Gasteiger charge is 2.12. The predicted molar refractivity (Wildman–Crippen MR) is 76.3 cm³/mol. The number of hydrogen-bond acceptors (Lipinski definition) is 5. The van der Waals surface area contributed by atoms with Gasteiger partial charge < -0.3 is 24.8 Å². The fourth-order valence-electron chi connectivity index (χ4n) is 1.89. The Balaban J connectivity index is 2.86. The Morgan fingerprint density at radius 1 is 1.00 bits per heavy atom. The molecule has 0 aromatic heterocycles. The van der Waals surface area contributed by atoms with E-state index in [1.165, 1.54) is 0 Å². The van der Waals surface area contributed by atoms with Crippen molar-refractivity contribution in [3.63, 3.8) is 0 Å². The van der Waals surface area contributed by atoms with Gasteiger partial charge in [-0.15, -0.1) is 0 Å². The summed E-state index contributed by atoms with van der Waals surface area (Å²) in [6.45, 7) is 3.76. The van der Waals surface area contributed by atoms with Crippen molar-refractivity contribution in [2.24, 2.45) is 0 Å². The van der Waals surface area contributed by atoms with Crippen LogP contribution in [0.4, 0.5) is 0 Å². The van der Waals surface area contributed by atoms with Crippen molar-refractivity contribution in [3.8, 4) is 17.2 Å². The maximum absolute atomic E-state index is 5.39. The largest absolute Gasteiger partial charge is 0.496 e. The third kappa shape index (κ3) is 4.29. The molecule has 1 atom stereocenters. The number of ether oxygens (including phenoxy) is 3. The number of hydrogen-bond donors (Lipinski definition) is 2. The molecule has 0 aliphatic heterocycles. The van der Waals surface area contributed by atoms with Crippen molar-refractivity contribution in [2.75, 3.05) is 34.9 Å². The molecule has 5 nitrogen and oxygen atoms in total. The van der Waals surface area contributed by atoms with Crippen LogP contribution >= 0.6 is 0 Å². The van der Waals surface area contributed by atoms with E-state index in [9.17, 15) is 0 Å². The smallest absolute Gasteiger partial charge is 0.164 e. The molecule has 0 saturated heterocycles. The lowest BCUT2D eigenvalue weighted by Gasteiger charge is -2.17. The molecule has 1 rings (SSSR count). The van der Waals surface area contributed by atoms with Gasteiger partial charge in [-0.1, -0.05) is 0 Å². The summed E-state index contributed by atoms with van der Waals surface area (Å²) in [6.07, 6.45) is 0. The third-order valence-electron chi connectivity index (χ3n) is 2.94. The maximum atomic E-state index is 5.39. The lowest BCUT2D eigenvalue weighted by molar-refractivity contribution is 0.346. The molecule has 0 fully saturated rings. The molecule has 0 aliphatic rings. The van der Waals surface area contributed by atoms with Crippen molar-refractivity contribution < 1.29 is 14.2 Å². The molecule has 1 aromatic rings. The Hall–Kier alpha value is -1.46. The molecule has 0 spiro atoms. The first-order valence-electron chi connectivity index (χ1n) is 6.33. The number of nitrogens with one attached hydrogen (secondary N) is 2. The zero-order valence-electron chi connectivity index (χ0n) is 12.4. The quantitative estimate of drug-likeness (QED) is 0.746. The Labute approximate surface area is 115 Å². The van der Waals surface area contributed by atoms with Gasteiger partial charge in [0.1, 0.15) is 5.75 Å². The molecule has 0 heterocycles. The summed E-state index contributed by atoms with van der Waals surface area (Å²) >= 11 is 0. The number of methoxy groups -OCH3 is 3. The summed E-state index contributed by atoms with van der Waals surface area (Å²) < 4.78 is 16.0. The van der Waals surface area contributed by atoms with Crippen LogP contribution in [0.15, 0.2) is 12.1 Å². The second-order valence-corrected chi connectivity index (χ2v) is 4.36. The van der Waals surface area contributed by atoms with Gasteiger partial charge >= 0.3 is 0 Å². The zero-order valence-corrected chi connectivity index (χ0v) is 12.4. The summed E-state index contributed by atoms with van der Waals surface area (Å²) in [7, 11) is 6.84. The van der Waals surface area contributed by atoms with Gasteiger partial charge in [-0.2, -0.15) is 0 Å². The van der Waals surface area contributed by atoms with E-state index < -0.39 is 0 Å². The van der Waals surface area contributed by atoms with E-state index in [0.717, 1.165) is 17.9 Å². The number of rotatable bonds is 8. The average molecular weight is 268 g/mol. The van der Waals surface area contributed by atoms with Gasteiger partial charge in [0.2, 0.25) is 0 Å². The van der Waals surface area contributed by atoms with E-state index in [1.807, 2.05) is 19.2 Å². The van der Waals surface area contributed by atoms with Gasteiger partial charge in [0.15, 0.2) is 11.5 Å². The lowest BCUT2D eigenvalue weighted by atomic mass is 10.1. The van der Waals surface area contributed by atoms with Crippen molar-refractivity contribution in [3.05, 3.63) is 17.7 Å². The first-order valence-corrected chi connectivity index (χ1v) is 6.33. The summed E-state index contributed by atoms with van der Waals surface area (Å²) in [4.78, 5) is 0. The Kier molecular flexibility index (Phi) is 6.45. The van der Waals surface area contributed by atoms with Crippen molar-refractivity contribution in [1.29, 1.82) is 0 Å². The summed E-state index contributed by atoms with van der Waals surface area (Å²) in [5.74, 6) is 2.18. The van der Waals surface area contributed by atoms with Crippen molar-refractivity contribution in [2.45, 2.75) is 19.5 Å². The molecular weight excluding hydrogens is 244 g/mol. The van der Waals surface area contributed by atoms with Crippen LogP contribution in [0.2, 0.25) is 0 Å². The second-order valence-electron chi connectivity index (χ2n) is 4.36. The molecule has 2 N–H and O–H groups in total. The minimum absolute atomic E-state index is 0.378. The second kappa shape index (κ2) is 7.86. The fourth-order valence-corrected chi connectivity index (χ4v) is 1.89. The van der Waals surface area contributed by atoms with Crippen molar-refractivity contribution in [1.82, 2.24) is 10.6 Å². The number of likely N-dealkylation sites (N-methyl/N-ethyl adjacent to an activating group) is 1. The van der Waals surface area contributed by atoms with Crippen LogP contribution in [0, 0.1) is 0 Å². The highest BCUT2D eigenvalue weighted by molar-refractivity contribution is 5.50. The van der Waals surface area contributed by atoms with Crippen LogP contribution in [0.25, 0.3) is 0 Å². The van der Waals surface area contributed by atoms with E-state index in [4.69, 9.17) is 14.2 Å². The summed E-state index contributed by atoms with van der Waals surface area (Å²) in [5.41, 5.74) is 1.04. The zero-order chi connectivity index (χ0) is 14.3. The van der Waals surface area contributed by atoms with Gasteiger partial charge in [0.05, 0.1) is 21.3 Å². The van der Waals surface area contributed by atoms with Gasteiger partial charge in [-0.3, -0.25) is 0 Å². The summed E-state index contributed by atoms with van der Waals surface area (Å²) in [5, 5.41) is 6.56.